The molecule has 1 rings (SSSR count). The number of rotatable bonds is 2. The van der Waals surface area contributed by atoms with Gasteiger partial charge in [0.15, 0.2) is 0 Å². The van der Waals surface area contributed by atoms with Crippen molar-refractivity contribution in [1.82, 2.24) is 5.32 Å². The molecule has 2 N–H and O–H groups in total. The molecule has 2 atom stereocenters. The summed E-state index contributed by atoms with van der Waals surface area (Å²) < 4.78 is 5.11. The van der Waals surface area contributed by atoms with E-state index in [1.54, 1.807) is 0 Å². The highest BCUT2D eigenvalue weighted by atomic mass is 16.6. The van der Waals surface area contributed by atoms with E-state index in [1.807, 2.05) is 20.8 Å². The van der Waals surface area contributed by atoms with Gasteiger partial charge in [-0.15, -0.1) is 0 Å². The Bertz CT molecular complexity index is 259. The molecule has 4 heteroatoms. The summed E-state index contributed by atoms with van der Waals surface area (Å²) >= 11 is 0. The molecule has 4 nitrogen and oxygen atoms in total. The number of aliphatic hydroxyl groups is 1. The molecule has 1 amide bonds. The zero-order valence-electron chi connectivity index (χ0n) is 10.7. The number of alkyl carbamates (subject to hydrolysis) is 1. The van der Waals surface area contributed by atoms with Gasteiger partial charge in [-0.05, 0) is 46.0 Å². The molecule has 16 heavy (non-hydrogen) atoms. The van der Waals surface area contributed by atoms with Crippen LogP contribution in [-0.4, -0.2) is 28.9 Å². The Kier molecular flexibility index (Phi) is 3.84. The van der Waals surface area contributed by atoms with Gasteiger partial charge < -0.3 is 15.2 Å². The van der Waals surface area contributed by atoms with Gasteiger partial charge in [0.2, 0.25) is 0 Å². The topological polar surface area (TPSA) is 58.6 Å². The van der Waals surface area contributed by atoms with Gasteiger partial charge in [-0.2, -0.15) is 0 Å². The van der Waals surface area contributed by atoms with E-state index in [-0.39, 0.29) is 6.54 Å². The van der Waals surface area contributed by atoms with Crippen molar-refractivity contribution in [2.24, 2.45) is 5.92 Å². The lowest BCUT2D eigenvalue weighted by atomic mass is 10.0. The maximum Gasteiger partial charge on any atom is 0.407 e. The second kappa shape index (κ2) is 4.62. The molecule has 1 aliphatic carbocycles. The predicted octanol–water partition coefficient (Wildman–Crippen LogP) is 2.06. The Morgan fingerprint density at radius 3 is 2.62 bits per heavy atom. The summed E-state index contributed by atoms with van der Waals surface area (Å²) in [5.74, 6) is 0.533. The van der Waals surface area contributed by atoms with Gasteiger partial charge >= 0.3 is 6.09 Å². The number of ether oxygens (including phenoxy) is 1. The number of carbonyl (C=O) groups is 1. The minimum absolute atomic E-state index is 0.284. The normalized spacial score (nSPS) is 30.2. The van der Waals surface area contributed by atoms with Crippen molar-refractivity contribution in [2.75, 3.05) is 6.54 Å². The molecule has 0 aromatic heterocycles. The van der Waals surface area contributed by atoms with Crippen LogP contribution in [0.2, 0.25) is 0 Å². The smallest absolute Gasteiger partial charge is 0.407 e. The minimum atomic E-state index is -0.740. The molecule has 0 aromatic carbocycles. The molecule has 0 spiro atoms. The fraction of sp³-hybridized carbons (Fsp3) is 0.917. The van der Waals surface area contributed by atoms with Crippen molar-refractivity contribution in [3.05, 3.63) is 0 Å². The maximum atomic E-state index is 11.4. The zero-order valence-corrected chi connectivity index (χ0v) is 10.7. The zero-order chi connectivity index (χ0) is 12.4. The first kappa shape index (κ1) is 13.3. The Hall–Kier alpha value is -0.770. The number of carbonyl (C=O) groups excluding carboxylic acids is 1. The summed E-state index contributed by atoms with van der Waals surface area (Å²) in [7, 11) is 0. The van der Waals surface area contributed by atoms with Crippen molar-refractivity contribution >= 4 is 6.09 Å². The summed E-state index contributed by atoms with van der Waals surface area (Å²) in [6.45, 7) is 7.86. The quantitative estimate of drug-likeness (QED) is 0.762. The average molecular weight is 229 g/mol. The lowest BCUT2D eigenvalue weighted by Gasteiger charge is -2.25. The first-order chi connectivity index (χ1) is 7.20. The van der Waals surface area contributed by atoms with Crippen LogP contribution >= 0.6 is 0 Å². The van der Waals surface area contributed by atoms with E-state index in [0.29, 0.717) is 5.92 Å². The summed E-state index contributed by atoms with van der Waals surface area (Å²) in [5, 5.41) is 12.8. The number of nitrogens with one attached hydrogen (secondary N) is 1. The third-order valence-electron chi connectivity index (χ3n) is 2.79. The van der Waals surface area contributed by atoms with Crippen molar-refractivity contribution in [2.45, 2.75) is 58.2 Å². The van der Waals surface area contributed by atoms with Gasteiger partial charge in [-0.1, -0.05) is 6.92 Å². The van der Waals surface area contributed by atoms with Gasteiger partial charge in [0.25, 0.3) is 0 Å². The predicted molar refractivity (Wildman–Crippen MR) is 62.2 cm³/mol. The Balaban J connectivity index is 2.32. The van der Waals surface area contributed by atoms with Crippen molar-refractivity contribution in [3.63, 3.8) is 0 Å². The summed E-state index contributed by atoms with van der Waals surface area (Å²) in [6.07, 6.45) is 2.07. The molecule has 0 saturated heterocycles. The highest BCUT2D eigenvalue weighted by Crippen LogP contribution is 2.33. The van der Waals surface area contributed by atoms with E-state index in [2.05, 4.69) is 12.2 Å². The van der Waals surface area contributed by atoms with Gasteiger partial charge in [-0.3, -0.25) is 0 Å². The Morgan fingerprint density at radius 2 is 2.19 bits per heavy atom. The molecule has 0 aromatic rings. The largest absolute Gasteiger partial charge is 0.444 e. The van der Waals surface area contributed by atoms with Gasteiger partial charge in [0.1, 0.15) is 5.60 Å². The van der Waals surface area contributed by atoms with Gasteiger partial charge in [-0.25, -0.2) is 4.79 Å². The van der Waals surface area contributed by atoms with Crippen molar-refractivity contribution < 1.29 is 14.6 Å². The molecular weight excluding hydrogens is 206 g/mol. The molecule has 0 bridgehead atoms. The standard InChI is InChI=1S/C12H23NO3/c1-9-5-6-12(15,7-9)8-13-10(14)16-11(2,3)4/h9,15H,5-8H2,1-4H3,(H,13,14). The van der Waals surface area contributed by atoms with Crippen LogP contribution in [0.25, 0.3) is 0 Å². The second-order valence-electron chi connectivity index (χ2n) is 5.93. The van der Waals surface area contributed by atoms with Crippen LogP contribution in [-0.2, 0) is 4.74 Å². The molecular formula is C12H23NO3. The second-order valence-corrected chi connectivity index (χ2v) is 5.93. The third kappa shape index (κ3) is 4.39. The fourth-order valence-electron chi connectivity index (χ4n) is 2.08. The Labute approximate surface area is 97.4 Å². The van der Waals surface area contributed by atoms with Gasteiger partial charge in [0, 0.05) is 6.54 Å². The lowest BCUT2D eigenvalue weighted by molar-refractivity contribution is 0.0260. The highest BCUT2D eigenvalue weighted by molar-refractivity contribution is 5.67. The number of hydrogen-bond acceptors (Lipinski definition) is 3. The molecule has 1 aliphatic rings. The average Bonchev–Trinajstić information content (AvgIpc) is 2.41. The first-order valence-corrected chi connectivity index (χ1v) is 5.89. The Morgan fingerprint density at radius 1 is 1.56 bits per heavy atom. The maximum absolute atomic E-state index is 11.4. The van der Waals surface area contributed by atoms with Crippen LogP contribution in [0, 0.1) is 5.92 Å². The van der Waals surface area contributed by atoms with Crippen LogP contribution in [0.3, 0.4) is 0 Å². The van der Waals surface area contributed by atoms with E-state index in [9.17, 15) is 9.90 Å². The van der Waals surface area contributed by atoms with Crippen molar-refractivity contribution in [1.29, 1.82) is 0 Å². The monoisotopic (exact) mass is 229 g/mol. The summed E-state index contributed by atoms with van der Waals surface area (Å²) in [6, 6.07) is 0. The molecule has 0 heterocycles. The molecule has 0 radical (unpaired) electrons. The van der Waals surface area contributed by atoms with Crippen molar-refractivity contribution in [3.8, 4) is 0 Å². The van der Waals surface area contributed by atoms with E-state index in [0.717, 1.165) is 19.3 Å². The van der Waals surface area contributed by atoms with Crippen LogP contribution < -0.4 is 5.32 Å². The van der Waals surface area contributed by atoms with Crippen LogP contribution in [0.15, 0.2) is 0 Å². The molecule has 0 aliphatic heterocycles. The van der Waals surface area contributed by atoms with E-state index < -0.39 is 17.3 Å². The first-order valence-electron chi connectivity index (χ1n) is 5.89. The molecule has 94 valence electrons. The molecule has 1 fully saturated rings. The summed E-state index contributed by atoms with van der Waals surface area (Å²) in [5.41, 5.74) is -1.23. The van der Waals surface area contributed by atoms with Gasteiger partial charge in [0.05, 0.1) is 5.60 Å². The number of hydrogen-bond donors (Lipinski definition) is 2. The van der Waals surface area contributed by atoms with Crippen LogP contribution in [0.4, 0.5) is 4.79 Å². The van der Waals surface area contributed by atoms with Crippen LogP contribution in [0.1, 0.15) is 47.0 Å². The van der Waals surface area contributed by atoms with E-state index in [1.165, 1.54) is 0 Å². The molecule has 2 unspecified atom stereocenters. The van der Waals surface area contributed by atoms with E-state index >= 15 is 0 Å². The van der Waals surface area contributed by atoms with Crippen LogP contribution in [0.5, 0.6) is 0 Å². The lowest BCUT2D eigenvalue weighted by Crippen LogP contribution is -2.43. The summed E-state index contributed by atoms with van der Waals surface area (Å²) in [4.78, 5) is 11.4. The molecule has 1 saturated carbocycles. The van der Waals surface area contributed by atoms with E-state index in [4.69, 9.17) is 4.74 Å². The highest BCUT2D eigenvalue weighted by Gasteiger charge is 2.35. The fourth-order valence-corrected chi connectivity index (χ4v) is 2.08. The SMILES string of the molecule is CC1CCC(O)(CNC(=O)OC(C)(C)C)C1. The third-order valence-corrected chi connectivity index (χ3v) is 2.79. The minimum Gasteiger partial charge on any atom is -0.444 e. The number of amides is 1.